The first-order chi connectivity index (χ1) is 19.8. The third-order valence-corrected chi connectivity index (χ3v) is 7.08. The fraction of sp³-hybridized carbons (Fsp3) is 0.172. The molecule has 10 nitrogen and oxygen atoms in total. The Morgan fingerprint density at radius 1 is 0.951 bits per heavy atom. The average Bonchev–Trinajstić information content (AvgIpc) is 3.20. The van der Waals surface area contributed by atoms with Crippen molar-refractivity contribution in [2.45, 2.75) is 6.92 Å². The first kappa shape index (κ1) is 29.7. The van der Waals surface area contributed by atoms with Crippen molar-refractivity contribution in [3.05, 3.63) is 81.7 Å². The number of carbonyl (C=O) groups excluding carboxylic acids is 4. The third-order valence-electron chi connectivity index (χ3n) is 5.58. The van der Waals surface area contributed by atoms with Crippen LogP contribution in [0.4, 0.5) is 16.2 Å². The molecule has 0 atom stereocenters. The first-order valence-electron chi connectivity index (χ1n) is 12.4. The second kappa shape index (κ2) is 13.9. The third kappa shape index (κ3) is 7.89. The molecule has 212 valence electrons. The lowest BCUT2D eigenvalue weighted by Gasteiger charge is -2.15. The molecule has 2 N–H and O–H groups in total. The van der Waals surface area contributed by atoms with Crippen molar-refractivity contribution in [1.82, 2.24) is 4.90 Å². The average molecular weight is 641 g/mol. The minimum Gasteiger partial charge on any atom is -0.497 e. The van der Waals surface area contributed by atoms with Crippen molar-refractivity contribution in [2.24, 2.45) is 0 Å². The molecule has 12 heteroatoms. The van der Waals surface area contributed by atoms with Gasteiger partial charge in [-0.15, -0.1) is 0 Å². The van der Waals surface area contributed by atoms with E-state index < -0.39 is 23.6 Å². The number of nitrogens with one attached hydrogen (secondary N) is 2. The van der Waals surface area contributed by atoms with Crippen LogP contribution in [0.3, 0.4) is 0 Å². The molecule has 0 bridgehead atoms. The number of halogens is 1. The van der Waals surface area contributed by atoms with Gasteiger partial charge in [0.2, 0.25) is 5.91 Å². The predicted molar refractivity (Wildman–Crippen MR) is 160 cm³/mol. The molecule has 4 amide bonds. The van der Waals surface area contributed by atoms with E-state index in [0.29, 0.717) is 45.3 Å². The summed E-state index contributed by atoms with van der Waals surface area (Å²) in [5, 5.41) is 4.85. The lowest BCUT2D eigenvalue weighted by Crippen LogP contribution is -2.36. The summed E-state index contributed by atoms with van der Waals surface area (Å²) in [5.74, 6) is -0.158. The van der Waals surface area contributed by atoms with Gasteiger partial charge < -0.3 is 24.8 Å². The number of thioether (sulfide) groups is 1. The molecule has 0 spiro atoms. The number of amides is 4. The number of imide groups is 1. The van der Waals surface area contributed by atoms with E-state index in [-0.39, 0.29) is 17.4 Å². The number of hydrogen-bond acceptors (Lipinski definition) is 8. The molecular weight excluding hydrogens is 614 g/mol. The monoisotopic (exact) mass is 639 g/mol. The Labute approximate surface area is 249 Å². The highest BCUT2D eigenvalue weighted by Crippen LogP contribution is 2.39. The van der Waals surface area contributed by atoms with E-state index in [1.54, 1.807) is 55.5 Å². The van der Waals surface area contributed by atoms with Gasteiger partial charge >= 0.3 is 0 Å². The van der Waals surface area contributed by atoms with Gasteiger partial charge in [0.05, 0.1) is 23.1 Å². The molecule has 3 aromatic rings. The number of anilines is 2. The molecular formula is C29H26BrN3O7S. The van der Waals surface area contributed by atoms with Crippen molar-refractivity contribution in [3.8, 4) is 17.2 Å². The lowest BCUT2D eigenvalue weighted by molar-refractivity contribution is -0.127. The van der Waals surface area contributed by atoms with Crippen LogP contribution in [-0.4, -0.2) is 54.7 Å². The van der Waals surface area contributed by atoms with Crippen LogP contribution in [-0.2, 0) is 14.4 Å². The van der Waals surface area contributed by atoms with Crippen molar-refractivity contribution in [1.29, 1.82) is 0 Å². The van der Waals surface area contributed by atoms with Crippen LogP contribution in [0, 0.1) is 0 Å². The highest BCUT2D eigenvalue weighted by atomic mass is 79.9. The van der Waals surface area contributed by atoms with E-state index in [4.69, 9.17) is 14.2 Å². The normalized spacial score (nSPS) is 13.7. The zero-order chi connectivity index (χ0) is 29.4. The van der Waals surface area contributed by atoms with E-state index in [9.17, 15) is 19.2 Å². The quantitative estimate of drug-likeness (QED) is 0.262. The highest BCUT2D eigenvalue weighted by molar-refractivity contribution is 9.10. The summed E-state index contributed by atoms with van der Waals surface area (Å²) in [4.78, 5) is 51.5. The summed E-state index contributed by atoms with van der Waals surface area (Å²) in [5.41, 5.74) is 1.70. The zero-order valence-electron chi connectivity index (χ0n) is 22.1. The number of benzene rings is 3. The topological polar surface area (TPSA) is 123 Å². The Hall–Kier alpha value is -4.29. The summed E-state index contributed by atoms with van der Waals surface area (Å²) in [6, 6.07) is 19.0. The number of nitrogens with zero attached hydrogens (tertiary/aromatic N) is 1. The number of rotatable bonds is 11. The molecule has 1 aliphatic heterocycles. The minimum absolute atomic E-state index is 0.150. The van der Waals surface area contributed by atoms with Gasteiger partial charge in [-0.3, -0.25) is 24.1 Å². The number of carbonyl (C=O) groups is 4. The van der Waals surface area contributed by atoms with E-state index >= 15 is 0 Å². The van der Waals surface area contributed by atoms with Gasteiger partial charge in [0.1, 0.15) is 12.3 Å². The fourth-order valence-corrected chi connectivity index (χ4v) is 5.15. The first-order valence-corrected chi connectivity index (χ1v) is 14.0. The Morgan fingerprint density at radius 2 is 1.63 bits per heavy atom. The van der Waals surface area contributed by atoms with Crippen molar-refractivity contribution < 1.29 is 33.4 Å². The van der Waals surface area contributed by atoms with Crippen LogP contribution in [0.15, 0.2) is 76.1 Å². The molecule has 3 aromatic carbocycles. The van der Waals surface area contributed by atoms with Gasteiger partial charge in [0.25, 0.3) is 17.1 Å². The Balaban J connectivity index is 1.43. The van der Waals surface area contributed by atoms with Gasteiger partial charge in [0, 0.05) is 11.4 Å². The molecule has 0 aliphatic carbocycles. The molecule has 0 unspecified atom stereocenters. The maximum absolute atomic E-state index is 13.0. The van der Waals surface area contributed by atoms with Crippen LogP contribution in [0.25, 0.3) is 6.08 Å². The second-order valence-corrected chi connectivity index (χ2v) is 10.4. The number of para-hydroxylation sites is 1. The highest BCUT2D eigenvalue weighted by Gasteiger charge is 2.36. The SMILES string of the molecule is CCOc1cc(/C=C2/SC(=O)N(CC(=O)Nc3ccc(OC)cc3)C2=O)cc(Br)c1OCC(=O)Nc1ccccc1. The van der Waals surface area contributed by atoms with E-state index in [2.05, 4.69) is 26.6 Å². The van der Waals surface area contributed by atoms with E-state index in [1.165, 1.54) is 13.2 Å². The summed E-state index contributed by atoms with van der Waals surface area (Å²) < 4.78 is 17.1. The van der Waals surface area contributed by atoms with Crippen molar-refractivity contribution >= 4 is 68.1 Å². The van der Waals surface area contributed by atoms with Crippen LogP contribution in [0.2, 0.25) is 0 Å². The summed E-state index contributed by atoms with van der Waals surface area (Å²) in [6.45, 7) is 1.43. The Kier molecular flexibility index (Phi) is 10.0. The number of ether oxygens (including phenoxy) is 3. The number of methoxy groups -OCH3 is 1. The van der Waals surface area contributed by atoms with Crippen LogP contribution in [0.1, 0.15) is 12.5 Å². The van der Waals surface area contributed by atoms with E-state index in [1.807, 2.05) is 18.2 Å². The molecule has 1 heterocycles. The molecule has 1 saturated heterocycles. The minimum atomic E-state index is -0.586. The van der Waals surface area contributed by atoms with Gasteiger partial charge in [-0.25, -0.2) is 0 Å². The molecule has 0 radical (unpaired) electrons. The molecule has 4 rings (SSSR count). The lowest BCUT2D eigenvalue weighted by atomic mass is 10.2. The summed E-state index contributed by atoms with van der Waals surface area (Å²) in [6.07, 6.45) is 1.53. The van der Waals surface area contributed by atoms with Gasteiger partial charge in [-0.05, 0) is 94.8 Å². The number of hydrogen-bond donors (Lipinski definition) is 2. The molecule has 0 saturated carbocycles. The fourth-order valence-electron chi connectivity index (χ4n) is 3.74. The maximum Gasteiger partial charge on any atom is 0.294 e. The van der Waals surface area contributed by atoms with Crippen LogP contribution >= 0.6 is 27.7 Å². The zero-order valence-corrected chi connectivity index (χ0v) is 24.5. The van der Waals surface area contributed by atoms with Crippen LogP contribution in [0.5, 0.6) is 17.2 Å². The van der Waals surface area contributed by atoms with Gasteiger partial charge in [0.15, 0.2) is 18.1 Å². The molecule has 1 fully saturated rings. The Morgan fingerprint density at radius 3 is 2.32 bits per heavy atom. The molecule has 1 aliphatic rings. The van der Waals surface area contributed by atoms with Crippen molar-refractivity contribution in [2.75, 3.05) is 37.5 Å². The largest absolute Gasteiger partial charge is 0.497 e. The summed E-state index contributed by atoms with van der Waals surface area (Å²) >= 11 is 4.19. The van der Waals surface area contributed by atoms with Gasteiger partial charge in [-0.2, -0.15) is 0 Å². The second-order valence-electron chi connectivity index (χ2n) is 8.51. The standard InChI is InChI=1S/C29H26BrN3O7S/c1-3-39-23-14-18(13-22(30)27(23)40-17-26(35)32-19-7-5-4-6-8-19)15-24-28(36)33(29(37)41-24)16-25(34)31-20-9-11-21(38-2)12-10-20/h4-15H,3,16-17H2,1-2H3,(H,31,34)(H,32,35)/b24-15+. The smallest absolute Gasteiger partial charge is 0.294 e. The predicted octanol–water partition coefficient (Wildman–Crippen LogP) is 5.55. The van der Waals surface area contributed by atoms with Crippen LogP contribution < -0.4 is 24.8 Å². The Bertz CT molecular complexity index is 1480. The maximum atomic E-state index is 13.0. The molecule has 41 heavy (non-hydrogen) atoms. The van der Waals surface area contributed by atoms with E-state index in [0.717, 1.165) is 16.7 Å². The van der Waals surface area contributed by atoms with Crippen molar-refractivity contribution in [3.63, 3.8) is 0 Å². The van der Waals surface area contributed by atoms with Gasteiger partial charge in [-0.1, -0.05) is 18.2 Å². The summed E-state index contributed by atoms with van der Waals surface area (Å²) in [7, 11) is 1.54. The molecule has 0 aromatic heterocycles.